The molecule has 2 aliphatic rings. The SMILES string of the molecule is CN(C)CC(=O)CC12CCC(Nc3cc(Nc4ccc5ncsc5c4)ncc3C(=O)NC[C@@H](F)C(C)(C)O)(CC1)C2. The van der Waals surface area contributed by atoms with Crippen LogP contribution in [0.5, 0.6) is 0 Å². The number of hydrogen-bond donors (Lipinski definition) is 4. The smallest absolute Gasteiger partial charge is 0.255 e. The summed E-state index contributed by atoms with van der Waals surface area (Å²) in [5.74, 6) is 0.352. The number of aromatic nitrogens is 2. The highest BCUT2D eigenvalue weighted by atomic mass is 32.1. The van der Waals surface area contributed by atoms with E-state index in [4.69, 9.17) is 0 Å². The first-order valence-electron chi connectivity index (χ1n) is 14.1. The molecule has 11 heteroatoms. The number of rotatable bonds is 12. The molecule has 1 amide bonds. The zero-order valence-corrected chi connectivity index (χ0v) is 24.9. The van der Waals surface area contributed by atoms with E-state index < -0.39 is 17.7 Å². The molecule has 5 rings (SSSR count). The highest BCUT2D eigenvalue weighted by Crippen LogP contribution is 2.59. The number of likely N-dealkylation sites (N-methyl/N-ethyl adjacent to an activating group) is 1. The zero-order valence-electron chi connectivity index (χ0n) is 24.1. The van der Waals surface area contributed by atoms with Gasteiger partial charge in [-0.05, 0) is 83.7 Å². The average Bonchev–Trinajstić information content (AvgIpc) is 3.59. The number of aliphatic hydroxyl groups is 1. The van der Waals surface area contributed by atoms with Crippen LogP contribution in [-0.4, -0.2) is 76.2 Å². The fraction of sp³-hybridized carbons (Fsp3) is 0.533. The maximum Gasteiger partial charge on any atom is 0.255 e. The van der Waals surface area contributed by atoms with E-state index in [1.54, 1.807) is 16.8 Å². The molecule has 2 bridgehead atoms. The molecule has 41 heavy (non-hydrogen) atoms. The molecule has 2 aliphatic carbocycles. The van der Waals surface area contributed by atoms with Gasteiger partial charge < -0.3 is 26.0 Å². The van der Waals surface area contributed by atoms with Gasteiger partial charge in [0.05, 0.1) is 45.7 Å². The maximum absolute atomic E-state index is 14.4. The summed E-state index contributed by atoms with van der Waals surface area (Å²) >= 11 is 1.55. The first-order chi connectivity index (χ1) is 19.4. The number of carbonyl (C=O) groups is 2. The van der Waals surface area contributed by atoms with E-state index in [0.717, 1.165) is 48.0 Å². The van der Waals surface area contributed by atoms with Gasteiger partial charge in [-0.1, -0.05) is 0 Å². The summed E-state index contributed by atoms with van der Waals surface area (Å²) in [5, 5.41) is 19.6. The standard InChI is InChI=1S/C30H39FN6O3S/c1-28(2,40)25(31)15-33-27(39)21-14-32-26(35-19-5-6-22-24(11-19)41-18-34-22)12-23(21)36-30-9-7-29(17-30,8-10-30)13-20(38)16-37(3)4/h5-6,11-12,14,18,25,40H,7-10,13,15-17H2,1-4H3,(H,33,39)(H2,32,35,36)/t25-,29?,30?/m1/s1. The zero-order chi connectivity index (χ0) is 29.4. The molecule has 3 aromatic rings. The van der Waals surface area contributed by atoms with Crippen molar-refractivity contribution >= 4 is 50.4 Å². The number of hydrogen-bond acceptors (Lipinski definition) is 9. The first kappa shape index (κ1) is 29.3. The number of Topliss-reactive ketones (excluding diaryl/α,β-unsaturated/α-hetero) is 1. The Labute approximate surface area is 243 Å². The third kappa shape index (κ3) is 6.68. The molecule has 2 fully saturated rings. The van der Waals surface area contributed by atoms with Crippen LogP contribution >= 0.6 is 11.3 Å². The molecule has 2 heterocycles. The van der Waals surface area contributed by atoms with Gasteiger partial charge in [0.1, 0.15) is 17.8 Å². The van der Waals surface area contributed by atoms with E-state index in [1.807, 2.05) is 43.3 Å². The Bertz CT molecular complexity index is 1430. The van der Waals surface area contributed by atoms with Gasteiger partial charge in [-0.2, -0.15) is 0 Å². The van der Waals surface area contributed by atoms with Crippen LogP contribution in [0.3, 0.4) is 0 Å². The topological polar surface area (TPSA) is 119 Å². The van der Waals surface area contributed by atoms with Crippen molar-refractivity contribution in [2.24, 2.45) is 5.41 Å². The molecule has 0 spiro atoms. The fourth-order valence-corrected chi connectivity index (χ4v) is 6.98. The third-order valence-electron chi connectivity index (χ3n) is 8.41. The molecule has 2 aromatic heterocycles. The molecular formula is C30H39FN6O3S. The lowest BCUT2D eigenvalue weighted by Crippen LogP contribution is -2.42. The molecule has 2 saturated carbocycles. The minimum Gasteiger partial charge on any atom is -0.387 e. The summed E-state index contributed by atoms with van der Waals surface area (Å²) < 4.78 is 15.5. The van der Waals surface area contributed by atoms with Crippen molar-refractivity contribution in [1.29, 1.82) is 0 Å². The van der Waals surface area contributed by atoms with E-state index in [9.17, 15) is 19.1 Å². The van der Waals surface area contributed by atoms with Gasteiger partial charge in [0.25, 0.3) is 5.91 Å². The second-order valence-electron chi connectivity index (χ2n) is 12.6. The van der Waals surface area contributed by atoms with Crippen LogP contribution in [0.4, 0.5) is 21.6 Å². The van der Waals surface area contributed by atoms with Crippen molar-refractivity contribution in [3.05, 3.63) is 41.5 Å². The van der Waals surface area contributed by atoms with Crippen LogP contribution < -0.4 is 16.0 Å². The van der Waals surface area contributed by atoms with Gasteiger partial charge in [0.2, 0.25) is 0 Å². The van der Waals surface area contributed by atoms with Crippen molar-refractivity contribution < 1.29 is 19.1 Å². The van der Waals surface area contributed by atoms with Gasteiger partial charge in [0.15, 0.2) is 0 Å². The van der Waals surface area contributed by atoms with Crippen LogP contribution in [0.2, 0.25) is 0 Å². The van der Waals surface area contributed by atoms with E-state index in [-0.39, 0.29) is 23.3 Å². The van der Waals surface area contributed by atoms with Crippen LogP contribution in [0.15, 0.2) is 36.0 Å². The molecule has 0 radical (unpaired) electrons. The highest BCUT2D eigenvalue weighted by Gasteiger charge is 2.54. The van der Waals surface area contributed by atoms with Gasteiger partial charge >= 0.3 is 0 Å². The number of nitrogens with zero attached hydrogens (tertiary/aromatic N) is 3. The van der Waals surface area contributed by atoms with Gasteiger partial charge in [-0.15, -0.1) is 11.3 Å². The summed E-state index contributed by atoms with van der Waals surface area (Å²) in [6.07, 6.45) is 5.03. The summed E-state index contributed by atoms with van der Waals surface area (Å²) in [7, 11) is 3.82. The van der Waals surface area contributed by atoms with Crippen molar-refractivity contribution in [2.45, 2.75) is 69.7 Å². The normalized spacial score (nSPS) is 22.7. The highest BCUT2D eigenvalue weighted by molar-refractivity contribution is 7.16. The average molecular weight is 583 g/mol. The summed E-state index contributed by atoms with van der Waals surface area (Å²) in [6, 6.07) is 7.70. The quantitative estimate of drug-likeness (QED) is 0.238. The van der Waals surface area contributed by atoms with E-state index in [1.165, 1.54) is 20.0 Å². The Balaban J connectivity index is 1.38. The Morgan fingerprint density at radius 3 is 2.63 bits per heavy atom. The molecule has 1 atom stereocenters. The number of ketones is 1. The first-order valence-corrected chi connectivity index (χ1v) is 14.9. The number of benzene rings is 1. The monoisotopic (exact) mass is 582 g/mol. The van der Waals surface area contributed by atoms with E-state index >= 15 is 0 Å². The Kier molecular flexibility index (Phi) is 8.06. The minimum atomic E-state index is -1.62. The van der Waals surface area contributed by atoms with Gasteiger partial charge in [-0.3, -0.25) is 9.59 Å². The van der Waals surface area contributed by atoms with Crippen molar-refractivity contribution in [2.75, 3.05) is 37.8 Å². The van der Waals surface area contributed by atoms with Gasteiger partial charge in [0, 0.05) is 29.9 Å². The largest absolute Gasteiger partial charge is 0.387 e. The van der Waals surface area contributed by atoms with Crippen LogP contribution in [0.25, 0.3) is 10.2 Å². The third-order valence-corrected chi connectivity index (χ3v) is 9.20. The van der Waals surface area contributed by atoms with E-state index in [0.29, 0.717) is 30.0 Å². The molecule has 1 aromatic carbocycles. The maximum atomic E-state index is 14.4. The fourth-order valence-electron chi connectivity index (χ4n) is 6.27. The second kappa shape index (κ2) is 11.3. The number of alkyl halides is 1. The number of halogens is 1. The lowest BCUT2D eigenvalue weighted by atomic mass is 9.79. The lowest BCUT2D eigenvalue weighted by Gasteiger charge is -2.31. The number of amides is 1. The second-order valence-corrected chi connectivity index (χ2v) is 13.5. The Hall–Kier alpha value is -3.15. The molecule has 9 nitrogen and oxygen atoms in total. The summed E-state index contributed by atoms with van der Waals surface area (Å²) in [5.41, 5.74) is 2.67. The molecule has 0 saturated heterocycles. The minimum absolute atomic E-state index is 0.0189. The number of carbonyl (C=O) groups excluding carboxylic acids is 2. The Morgan fingerprint density at radius 2 is 1.93 bits per heavy atom. The molecule has 0 aliphatic heterocycles. The summed E-state index contributed by atoms with van der Waals surface area (Å²) in [6.45, 7) is 2.87. The number of nitrogens with one attached hydrogen (secondary N) is 3. The van der Waals surface area contributed by atoms with Crippen LogP contribution in [0, 0.1) is 5.41 Å². The van der Waals surface area contributed by atoms with Crippen molar-refractivity contribution in [1.82, 2.24) is 20.2 Å². The molecule has 0 unspecified atom stereocenters. The number of fused-ring (bicyclic) bond motifs is 3. The number of pyridine rings is 1. The predicted octanol–water partition coefficient (Wildman–Crippen LogP) is 4.91. The number of thiazole rings is 1. The van der Waals surface area contributed by atoms with Crippen molar-refractivity contribution in [3.8, 4) is 0 Å². The lowest BCUT2D eigenvalue weighted by molar-refractivity contribution is -0.121. The molecule has 220 valence electrons. The van der Waals surface area contributed by atoms with Crippen LogP contribution in [-0.2, 0) is 4.79 Å². The van der Waals surface area contributed by atoms with Gasteiger partial charge in [-0.25, -0.2) is 14.4 Å². The van der Waals surface area contributed by atoms with Crippen LogP contribution in [0.1, 0.15) is 62.7 Å². The summed E-state index contributed by atoms with van der Waals surface area (Å²) in [4.78, 5) is 36.7. The predicted molar refractivity (Wildman–Crippen MR) is 161 cm³/mol. The van der Waals surface area contributed by atoms with Crippen molar-refractivity contribution in [3.63, 3.8) is 0 Å². The number of anilines is 3. The molecular weight excluding hydrogens is 543 g/mol. The van der Waals surface area contributed by atoms with E-state index in [2.05, 4.69) is 25.9 Å². The Morgan fingerprint density at radius 1 is 1.17 bits per heavy atom. The molecule has 4 N–H and O–H groups in total.